The Balaban J connectivity index is 0.757. The number of ether oxygens (including phenoxy) is 2. The number of carbonyl (C=O) groups excluding carboxylic acids is 2. The van der Waals surface area contributed by atoms with Crippen LogP contribution >= 0.6 is 0 Å². The molecule has 0 heterocycles. The first-order valence-electron chi connectivity index (χ1n) is 35.5. The number of rotatable bonds is 13. The van der Waals surface area contributed by atoms with Gasteiger partial charge in [0.25, 0.3) is 0 Å². The highest BCUT2D eigenvalue weighted by molar-refractivity contribution is 5.72. The Labute approximate surface area is 477 Å². The first-order chi connectivity index (χ1) is 39.4. The molecule has 22 aliphatic rings. The van der Waals surface area contributed by atoms with Crippen LogP contribution in [0, 0.1) is 236 Å². The third-order valence-corrected chi connectivity index (χ3v) is 35.2. The third kappa shape index (κ3) is 4.24. The molecule has 0 aromatic heterocycles. The molecular formula is C76H90O4. The molecule has 0 N–H and O–H groups in total. The average Bonchev–Trinajstić information content (AvgIpc) is 1.38. The van der Waals surface area contributed by atoms with Crippen LogP contribution in [0.25, 0.3) is 0 Å². The zero-order chi connectivity index (χ0) is 51.8. The number of carbonyl (C=O) groups is 2. The molecule has 1 aromatic carbocycles. The number of esters is 2. The standard InChI is InChI=1S/C76H90O4/c1-4-12-33-25-36-27-38-30-44-43-29-37-26-34-18-16-32-17-19-35-28-42-40-20-21-41-52(40)58-59-54(42)49(35)56-46(32)48(34)57-51(37)55(43)71-67-63(57)61(56)62(59)65(67)68-64(58)60-53(41)47(33)50(36)66-69(60)72(68)76(71)74(75(44,76)70(38)66,39-13-7-6-8-14-39)22-11-15-45(77)79-23-9-10-24-80-73(78)31(3)5-2/h4,6-8,12-14,17,19,29-36,40-44,46-72H,5,9-11,15-16,18,20-28H2,1-3H3/b12-4-. The Kier molecular flexibility index (Phi) is 8.15. The number of unbranched alkanes of at least 4 members (excludes halogenated alkanes) is 1. The lowest BCUT2D eigenvalue weighted by Crippen LogP contribution is -2.69. The molecule has 1 aromatic rings. The molecule has 0 bridgehead atoms. The highest BCUT2D eigenvalue weighted by Crippen LogP contribution is 3.07. The van der Waals surface area contributed by atoms with E-state index in [1.807, 2.05) is 19.4 Å². The molecule has 19 fully saturated rings. The summed E-state index contributed by atoms with van der Waals surface area (Å²) in [4.78, 5) is 26.8. The highest BCUT2D eigenvalue weighted by Gasteiger charge is 3.05. The van der Waals surface area contributed by atoms with Crippen LogP contribution in [0.4, 0.5) is 0 Å². The van der Waals surface area contributed by atoms with Gasteiger partial charge in [0, 0.05) is 17.3 Å². The summed E-state index contributed by atoms with van der Waals surface area (Å²) >= 11 is 0. The maximum absolute atomic E-state index is 14.4. The van der Waals surface area contributed by atoms with Crippen LogP contribution in [0.15, 0.2) is 77.9 Å². The molecule has 0 aliphatic heterocycles. The minimum atomic E-state index is -0.0970. The largest absolute Gasteiger partial charge is 0.466 e. The first-order valence-corrected chi connectivity index (χ1v) is 35.5. The molecule has 80 heavy (non-hydrogen) atoms. The van der Waals surface area contributed by atoms with E-state index in [4.69, 9.17) is 9.47 Å². The number of hydrogen-bond acceptors (Lipinski definition) is 4. The fourth-order valence-electron chi connectivity index (χ4n) is 36.5. The van der Waals surface area contributed by atoms with Gasteiger partial charge in [0.1, 0.15) is 0 Å². The van der Waals surface area contributed by atoms with Crippen molar-refractivity contribution in [3.63, 3.8) is 0 Å². The lowest BCUT2D eigenvalue weighted by atomic mass is 9.31. The monoisotopic (exact) mass is 1070 g/mol. The minimum Gasteiger partial charge on any atom is -0.466 e. The van der Waals surface area contributed by atoms with E-state index in [-0.39, 0.29) is 28.7 Å². The molecule has 0 radical (unpaired) electrons. The summed E-state index contributed by atoms with van der Waals surface area (Å²) in [5.74, 6) is 34.9. The van der Waals surface area contributed by atoms with Gasteiger partial charge in [0.2, 0.25) is 0 Å². The fourth-order valence-corrected chi connectivity index (χ4v) is 36.5. The summed E-state index contributed by atoms with van der Waals surface area (Å²) in [6, 6.07) is 12.9. The molecule has 4 heteroatoms. The SMILES string of the molecule is C/C=C\C1CC2CC3=CC4C5C=C6CC7CCC8C=CC9CC%10C%11CCC%12C%11C%11C%13C%10C9C9C8C7C7C6C5C5C6C7C9C%13C6C6C%11C7C%12C1C2C1C7C6C52C(CCCC(=O)OCCCCOC(=O)C(C)CC)(c5ccccc5)C42C31. The van der Waals surface area contributed by atoms with Gasteiger partial charge in [-0.3, -0.25) is 9.59 Å². The molecule has 23 rings (SSSR count). The Bertz CT molecular complexity index is 3150. The van der Waals surface area contributed by atoms with Gasteiger partial charge in [-0.15, -0.1) is 0 Å². The molecule has 41 atom stereocenters. The molecular weight excluding hydrogens is 977 g/mol. The summed E-state index contributed by atoms with van der Waals surface area (Å²) in [6.07, 6.45) is 35.3. The van der Waals surface area contributed by atoms with E-state index in [1.165, 1.54) is 38.5 Å². The van der Waals surface area contributed by atoms with Gasteiger partial charge in [-0.05, 0) is 320 Å². The van der Waals surface area contributed by atoms with Crippen LogP contribution < -0.4 is 0 Å². The van der Waals surface area contributed by atoms with E-state index in [9.17, 15) is 9.59 Å². The summed E-state index contributed by atoms with van der Waals surface area (Å²) in [5.41, 5.74) is 6.63. The fraction of sp³-hybridized carbons (Fsp3) is 0.789. The average molecular weight is 1070 g/mol. The van der Waals surface area contributed by atoms with E-state index in [0.29, 0.717) is 31.0 Å². The first kappa shape index (κ1) is 45.5. The lowest BCUT2D eigenvalue weighted by molar-refractivity contribution is -0.251. The van der Waals surface area contributed by atoms with Crippen molar-refractivity contribution < 1.29 is 19.1 Å². The third-order valence-electron chi connectivity index (χ3n) is 35.2. The highest BCUT2D eigenvalue weighted by atomic mass is 16.5. The van der Waals surface area contributed by atoms with Crippen molar-refractivity contribution in [3.8, 4) is 0 Å². The number of allylic oxidation sites excluding steroid dienone is 8. The van der Waals surface area contributed by atoms with Crippen LogP contribution in [0.1, 0.15) is 116 Å². The predicted molar refractivity (Wildman–Crippen MR) is 304 cm³/mol. The molecule has 41 unspecified atom stereocenters. The smallest absolute Gasteiger partial charge is 0.308 e. The van der Waals surface area contributed by atoms with Gasteiger partial charge in [-0.2, -0.15) is 0 Å². The molecule has 0 saturated heterocycles. The van der Waals surface area contributed by atoms with Crippen molar-refractivity contribution in [1.82, 2.24) is 0 Å². The number of hydrogen-bond donors (Lipinski definition) is 0. The summed E-state index contributed by atoms with van der Waals surface area (Å²) in [6.45, 7) is 7.27. The van der Waals surface area contributed by atoms with Gasteiger partial charge < -0.3 is 9.47 Å². The van der Waals surface area contributed by atoms with Crippen LogP contribution in [0.5, 0.6) is 0 Å². The van der Waals surface area contributed by atoms with Crippen LogP contribution in [0.2, 0.25) is 0 Å². The van der Waals surface area contributed by atoms with Gasteiger partial charge in [-0.1, -0.05) is 91.8 Å². The normalized spacial score (nSPS) is 65.1. The second-order valence-corrected chi connectivity index (χ2v) is 34.6. The Morgan fingerprint density at radius 3 is 2.12 bits per heavy atom. The Morgan fingerprint density at radius 2 is 1.27 bits per heavy atom. The van der Waals surface area contributed by atoms with Crippen molar-refractivity contribution in [2.24, 2.45) is 236 Å². The Morgan fingerprint density at radius 1 is 0.600 bits per heavy atom. The maximum Gasteiger partial charge on any atom is 0.308 e. The van der Waals surface area contributed by atoms with Crippen LogP contribution in [-0.2, 0) is 24.5 Å². The van der Waals surface area contributed by atoms with Crippen molar-refractivity contribution in [3.05, 3.63) is 83.5 Å². The molecule has 22 aliphatic carbocycles. The summed E-state index contributed by atoms with van der Waals surface area (Å²) < 4.78 is 11.8. The number of fused-ring (bicyclic) bond motifs is 4. The molecule has 418 valence electrons. The second kappa shape index (κ2) is 14.3. The Hall–Kier alpha value is -2.88. The van der Waals surface area contributed by atoms with Gasteiger partial charge >= 0.3 is 11.9 Å². The van der Waals surface area contributed by atoms with Crippen LogP contribution in [0.3, 0.4) is 0 Å². The zero-order valence-corrected chi connectivity index (χ0v) is 48.2. The topological polar surface area (TPSA) is 52.6 Å². The molecule has 4 nitrogen and oxygen atoms in total. The minimum absolute atomic E-state index is 0.0254. The van der Waals surface area contributed by atoms with Crippen molar-refractivity contribution in [1.29, 1.82) is 0 Å². The predicted octanol–water partition coefficient (Wildman–Crippen LogP) is 14.2. The lowest BCUT2D eigenvalue weighted by Gasteiger charge is -2.73. The van der Waals surface area contributed by atoms with Crippen molar-refractivity contribution >= 4 is 11.9 Å². The van der Waals surface area contributed by atoms with E-state index in [0.717, 1.165) is 239 Å². The second-order valence-electron chi connectivity index (χ2n) is 34.6. The van der Waals surface area contributed by atoms with Crippen molar-refractivity contribution in [2.75, 3.05) is 13.2 Å². The van der Waals surface area contributed by atoms with Gasteiger partial charge in [0.15, 0.2) is 0 Å². The quantitative estimate of drug-likeness (QED) is 0.112. The maximum atomic E-state index is 14.4. The number of benzene rings is 1. The van der Waals surface area contributed by atoms with Crippen LogP contribution in [-0.4, -0.2) is 25.2 Å². The van der Waals surface area contributed by atoms with E-state index in [1.54, 1.807) is 24.8 Å². The zero-order valence-electron chi connectivity index (χ0n) is 48.2. The van der Waals surface area contributed by atoms with E-state index in [2.05, 4.69) is 79.3 Å². The summed E-state index contributed by atoms with van der Waals surface area (Å²) in [7, 11) is 0. The van der Waals surface area contributed by atoms with Gasteiger partial charge in [0.05, 0.1) is 19.1 Å². The summed E-state index contributed by atoms with van der Waals surface area (Å²) in [5, 5.41) is 0. The van der Waals surface area contributed by atoms with E-state index < -0.39 is 0 Å². The van der Waals surface area contributed by atoms with E-state index >= 15 is 0 Å². The molecule has 19 saturated carbocycles. The van der Waals surface area contributed by atoms with Crippen molar-refractivity contribution in [2.45, 2.75) is 116 Å². The molecule has 2 spiro atoms. The molecule has 0 amide bonds. The van der Waals surface area contributed by atoms with Gasteiger partial charge in [-0.25, -0.2) is 0 Å².